The Morgan fingerprint density at radius 3 is 2.71 bits per heavy atom. The summed E-state index contributed by atoms with van der Waals surface area (Å²) in [6.45, 7) is 3.54. The molecule has 2 unspecified atom stereocenters. The van der Waals surface area contributed by atoms with Gasteiger partial charge < -0.3 is 15.2 Å². The van der Waals surface area contributed by atoms with Crippen molar-refractivity contribution in [2.75, 3.05) is 13.2 Å². The monoisotopic (exact) mass is 233 g/mol. The average Bonchev–Trinajstić information content (AvgIpc) is 2.70. The fraction of sp³-hybridized carbons (Fsp3) is 0.571. The van der Waals surface area contributed by atoms with Crippen LogP contribution in [0, 0.1) is 5.92 Å². The second-order valence-electron chi connectivity index (χ2n) is 5.36. The SMILES string of the molecule is CC1CCC(N)(c2ccc3c(c2)OCCO3)C1. The Morgan fingerprint density at radius 2 is 2.00 bits per heavy atom. The van der Waals surface area contributed by atoms with Gasteiger partial charge in [-0.2, -0.15) is 0 Å². The minimum atomic E-state index is -0.171. The van der Waals surface area contributed by atoms with Crippen molar-refractivity contribution in [2.45, 2.75) is 31.7 Å². The van der Waals surface area contributed by atoms with E-state index in [0.717, 1.165) is 24.3 Å². The van der Waals surface area contributed by atoms with Crippen molar-refractivity contribution >= 4 is 0 Å². The molecule has 0 saturated heterocycles. The second kappa shape index (κ2) is 3.91. The van der Waals surface area contributed by atoms with E-state index in [4.69, 9.17) is 15.2 Å². The summed E-state index contributed by atoms with van der Waals surface area (Å²) >= 11 is 0. The zero-order valence-electron chi connectivity index (χ0n) is 10.2. The fourth-order valence-corrected chi connectivity index (χ4v) is 2.95. The average molecular weight is 233 g/mol. The highest BCUT2D eigenvalue weighted by atomic mass is 16.6. The molecule has 0 radical (unpaired) electrons. The highest BCUT2D eigenvalue weighted by Gasteiger charge is 2.35. The van der Waals surface area contributed by atoms with Gasteiger partial charge in [0.05, 0.1) is 0 Å². The van der Waals surface area contributed by atoms with E-state index in [1.54, 1.807) is 0 Å². The molecule has 1 aliphatic carbocycles. The quantitative estimate of drug-likeness (QED) is 0.810. The van der Waals surface area contributed by atoms with Gasteiger partial charge >= 0.3 is 0 Å². The van der Waals surface area contributed by atoms with Crippen molar-refractivity contribution in [2.24, 2.45) is 11.7 Å². The van der Waals surface area contributed by atoms with E-state index in [1.807, 2.05) is 6.07 Å². The highest BCUT2D eigenvalue weighted by Crippen LogP contribution is 2.42. The zero-order valence-corrected chi connectivity index (χ0v) is 10.2. The molecule has 0 aromatic heterocycles. The molecule has 0 amide bonds. The maximum atomic E-state index is 6.51. The molecule has 1 saturated carbocycles. The Labute approximate surface area is 102 Å². The minimum Gasteiger partial charge on any atom is -0.486 e. The van der Waals surface area contributed by atoms with Gasteiger partial charge in [0.1, 0.15) is 13.2 Å². The van der Waals surface area contributed by atoms with Crippen LogP contribution >= 0.6 is 0 Å². The van der Waals surface area contributed by atoms with Crippen LogP contribution in [0.5, 0.6) is 11.5 Å². The largest absolute Gasteiger partial charge is 0.486 e. The molecule has 3 heteroatoms. The van der Waals surface area contributed by atoms with Crippen LogP contribution in [0.4, 0.5) is 0 Å². The fourth-order valence-electron chi connectivity index (χ4n) is 2.95. The predicted molar refractivity (Wildman–Crippen MR) is 66.3 cm³/mol. The molecule has 17 heavy (non-hydrogen) atoms. The van der Waals surface area contributed by atoms with Crippen LogP contribution in [0.15, 0.2) is 18.2 Å². The summed E-state index contributed by atoms with van der Waals surface area (Å²) in [6.07, 6.45) is 3.34. The van der Waals surface area contributed by atoms with E-state index in [2.05, 4.69) is 19.1 Å². The maximum Gasteiger partial charge on any atom is 0.161 e. The van der Waals surface area contributed by atoms with Crippen molar-refractivity contribution in [3.8, 4) is 11.5 Å². The van der Waals surface area contributed by atoms with Crippen LogP contribution in [0.1, 0.15) is 31.7 Å². The highest BCUT2D eigenvalue weighted by molar-refractivity contribution is 5.46. The molecule has 0 bridgehead atoms. The molecular weight excluding hydrogens is 214 g/mol. The van der Waals surface area contributed by atoms with Gasteiger partial charge in [-0.25, -0.2) is 0 Å². The lowest BCUT2D eigenvalue weighted by molar-refractivity contribution is 0.171. The molecule has 3 rings (SSSR count). The van der Waals surface area contributed by atoms with Gasteiger partial charge in [-0.05, 0) is 42.9 Å². The first-order valence-electron chi connectivity index (χ1n) is 6.36. The van der Waals surface area contributed by atoms with Crippen molar-refractivity contribution in [3.63, 3.8) is 0 Å². The number of hydrogen-bond acceptors (Lipinski definition) is 3. The molecule has 3 nitrogen and oxygen atoms in total. The number of ether oxygens (including phenoxy) is 2. The lowest BCUT2D eigenvalue weighted by atomic mass is 9.88. The van der Waals surface area contributed by atoms with E-state index in [0.29, 0.717) is 19.1 Å². The number of rotatable bonds is 1. The Bertz CT molecular complexity index is 432. The van der Waals surface area contributed by atoms with Gasteiger partial charge in [0.15, 0.2) is 11.5 Å². The Hall–Kier alpha value is -1.22. The third kappa shape index (κ3) is 1.89. The summed E-state index contributed by atoms with van der Waals surface area (Å²) in [5, 5.41) is 0. The van der Waals surface area contributed by atoms with Crippen molar-refractivity contribution < 1.29 is 9.47 Å². The summed E-state index contributed by atoms with van der Waals surface area (Å²) in [5.41, 5.74) is 7.52. The Kier molecular flexibility index (Phi) is 2.51. The van der Waals surface area contributed by atoms with E-state index in [9.17, 15) is 0 Å². The summed E-state index contributed by atoms with van der Waals surface area (Å²) in [4.78, 5) is 0. The van der Waals surface area contributed by atoms with Crippen LogP contribution in [-0.4, -0.2) is 13.2 Å². The number of fused-ring (bicyclic) bond motifs is 1. The summed E-state index contributed by atoms with van der Waals surface area (Å²) in [5.74, 6) is 2.40. The molecule has 1 heterocycles. The van der Waals surface area contributed by atoms with Gasteiger partial charge in [-0.15, -0.1) is 0 Å². The molecule has 2 aliphatic rings. The number of hydrogen-bond donors (Lipinski definition) is 1. The van der Waals surface area contributed by atoms with Crippen molar-refractivity contribution in [3.05, 3.63) is 23.8 Å². The van der Waals surface area contributed by atoms with Gasteiger partial charge in [0, 0.05) is 5.54 Å². The first-order chi connectivity index (χ1) is 8.17. The molecule has 92 valence electrons. The second-order valence-corrected chi connectivity index (χ2v) is 5.36. The van der Waals surface area contributed by atoms with Crippen molar-refractivity contribution in [1.82, 2.24) is 0 Å². The topological polar surface area (TPSA) is 44.5 Å². The first-order valence-corrected chi connectivity index (χ1v) is 6.36. The zero-order chi connectivity index (χ0) is 11.9. The van der Waals surface area contributed by atoms with E-state index in [-0.39, 0.29) is 5.54 Å². The molecule has 0 spiro atoms. The smallest absolute Gasteiger partial charge is 0.161 e. The Balaban J connectivity index is 1.93. The van der Waals surface area contributed by atoms with Crippen LogP contribution in [-0.2, 0) is 5.54 Å². The van der Waals surface area contributed by atoms with Gasteiger partial charge in [0.2, 0.25) is 0 Å². The lowest BCUT2D eigenvalue weighted by Crippen LogP contribution is -2.33. The summed E-state index contributed by atoms with van der Waals surface area (Å²) in [6, 6.07) is 6.14. The van der Waals surface area contributed by atoms with Crippen molar-refractivity contribution in [1.29, 1.82) is 0 Å². The molecule has 1 aromatic carbocycles. The number of benzene rings is 1. The normalized spacial score (nSPS) is 31.5. The molecule has 1 aliphatic heterocycles. The minimum absolute atomic E-state index is 0.171. The summed E-state index contributed by atoms with van der Waals surface area (Å²) in [7, 11) is 0. The van der Waals surface area contributed by atoms with Crippen LogP contribution < -0.4 is 15.2 Å². The third-order valence-electron chi connectivity index (χ3n) is 3.91. The predicted octanol–water partition coefficient (Wildman–Crippen LogP) is 2.43. The standard InChI is InChI=1S/C14H19NO2/c1-10-4-5-14(15,9-10)11-2-3-12-13(8-11)17-7-6-16-12/h2-3,8,10H,4-7,9,15H2,1H3. The molecule has 2 N–H and O–H groups in total. The van der Waals surface area contributed by atoms with E-state index >= 15 is 0 Å². The van der Waals surface area contributed by atoms with E-state index < -0.39 is 0 Å². The molecule has 1 aromatic rings. The summed E-state index contributed by atoms with van der Waals surface area (Å²) < 4.78 is 11.1. The number of nitrogens with two attached hydrogens (primary N) is 1. The van der Waals surface area contributed by atoms with E-state index in [1.165, 1.54) is 12.0 Å². The lowest BCUT2D eigenvalue weighted by Gasteiger charge is -2.27. The van der Waals surface area contributed by atoms with Crippen LogP contribution in [0.3, 0.4) is 0 Å². The van der Waals surface area contributed by atoms with Gasteiger partial charge in [-0.1, -0.05) is 13.0 Å². The Morgan fingerprint density at radius 1 is 1.24 bits per heavy atom. The third-order valence-corrected chi connectivity index (χ3v) is 3.91. The van der Waals surface area contributed by atoms with Gasteiger partial charge in [0.25, 0.3) is 0 Å². The van der Waals surface area contributed by atoms with Crippen LogP contribution in [0.25, 0.3) is 0 Å². The first kappa shape index (κ1) is 10.9. The molecule has 2 atom stereocenters. The van der Waals surface area contributed by atoms with Gasteiger partial charge in [-0.3, -0.25) is 0 Å². The molecule has 1 fully saturated rings. The van der Waals surface area contributed by atoms with Crippen LogP contribution in [0.2, 0.25) is 0 Å². The molecular formula is C14H19NO2. The maximum absolute atomic E-state index is 6.51.